The van der Waals surface area contributed by atoms with Gasteiger partial charge < -0.3 is 15.2 Å². The van der Waals surface area contributed by atoms with Crippen molar-refractivity contribution in [1.82, 2.24) is 5.32 Å². The van der Waals surface area contributed by atoms with Crippen LogP contribution in [0.15, 0.2) is 0 Å². The van der Waals surface area contributed by atoms with Crippen molar-refractivity contribution in [1.29, 1.82) is 0 Å². The number of hydrogen-bond donors (Lipinski definition) is 2. The third-order valence-electron chi connectivity index (χ3n) is 3.33. The van der Waals surface area contributed by atoms with Gasteiger partial charge in [-0.05, 0) is 31.1 Å². The lowest BCUT2D eigenvalue weighted by atomic mass is 9.85. The van der Waals surface area contributed by atoms with Gasteiger partial charge in [0, 0.05) is 25.8 Å². The lowest BCUT2D eigenvalue weighted by Gasteiger charge is -2.33. The fourth-order valence-corrected chi connectivity index (χ4v) is 2.21. The van der Waals surface area contributed by atoms with Crippen molar-refractivity contribution in [2.75, 3.05) is 19.8 Å². The van der Waals surface area contributed by atoms with E-state index >= 15 is 0 Å². The van der Waals surface area contributed by atoms with Crippen LogP contribution in [0.1, 0.15) is 46.5 Å². The normalized spacial score (nSPS) is 24.4. The lowest BCUT2D eigenvalue weighted by Crippen LogP contribution is -2.45. The van der Waals surface area contributed by atoms with E-state index in [-0.39, 0.29) is 12.0 Å². The van der Waals surface area contributed by atoms with Crippen LogP contribution < -0.4 is 5.32 Å². The van der Waals surface area contributed by atoms with E-state index in [0.717, 1.165) is 19.6 Å². The Morgan fingerprint density at radius 1 is 1.38 bits per heavy atom. The Bertz CT molecular complexity index is 183. The first-order valence-corrected chi connectivity index (χ1v) is 6.50. The van der Waals surface area contributed by atoms with E-state index in [4.69, 9.17) is 9.84 Å². The van der Waals surface area contributed by atoms with Crippen molar-refractivity contribution in [2.45, 2.75) is 58.6 Å². The predicted molar refractivity (Wildman–Crippen MR) is 66.5 cm³/mol. The molecule has 96 valence electrons. The Morgan fingerprint density at radius 2 is 2.12 bits per heavy atom. The molecule has 0 aromatic heterocycles. The summed E-state index contributed by atoms with van der Waals surface area (Å²) in [4.78, 5) is 0. The molecule has 1 fully saturated rings. The summed E-state index contributed by atoms with van der Waals surface area (Å²) in [6, 6.07) is 0.364. The van der Waals surface area contributed by atoms with Crippen LogP contribution in [-0.4, -0.2) is 37.0 Å². The van der Waals surface area contributed by atoms with Gasteiger partial charge in [-0.25, -0.2) is 0 Å². The smallest absolute Gasteiger partial charge is 0.0699 e. The fourth-order valence-electron chi connectivity index (χ4n) is 2.21. The van der Waals surface area contributed by atoms with Gasteiger partial charge >= 0.3 is 0 Å². The summed E-state index contributed by atoms with van der Waals surface area (Å²) in [6.07, 6.45) is 4.85. The fraction of sp³-hybridized carbons (Fsp3) is 1.00. The zero-order valence-electron chi connectivity index (χ0n) is 11.0. The van der Waals surface area contributed by atoms with E-state index in [2.05, 4.69) is 26.1 Å². The monoisotopic (exact) mass is 229 g/mol. The summed E-state index contributed by atoms with van der Waals surface area (Å²) in [5.41, 5.74) is 0.192. The third kappa shape index (κ3) is 4.81. The summed E-state index contributed by atoms with van der Waals surface area (Å²) >= 11 is 0. The molecular formula is C13H27NO2. The van der Waals surface area contributed by atoms with E-state index in [1.807, 2.05) is 0 Å². The molecular weight excluding hydrogens is 202 g/mol. The van der Waals surface area contributed by atoms with Gasteiger partial charge in [0.05, 0.1) is 6.10 Å². The Kier molecular flexibility index (Phi) is 5.73. The summed E-state index contributed by atoms with van der Waals surface area (Å²) < 4.78 is 5.69. The van der Waals surface area contributed by atoms with E-state index < -0.39 is 0 Å². The Hall–Kier alpha value is -0.120. The molecule has 0 radical (unpaired) electrons. The van der Waals surface area contributed by atoms with Gasteiger partial charge in [0.25, 0.3) is 0 Å². The van der Waals surface area contributed by atoms with Crippen molar-refractivity contribution < 1.29 is 9.84 Å². The topological polar surface area (TPSA) is 41.5 Å². The van der Waals surface area contributed by atoms with Gasteiger partial charge in [-0.2, -0.15) is 0 Å². The number of aliphatic hydroxyl groups excluding tert-OH is 1. The van der Waals surface area contributed by atoms with Crippen LogP contribution in [0.5, 0.6) is 0 Å². The molecule has 0 aromatic rings. The second kappa shape index (κ2) is 6.58. The van der Waals surface area contributed by atoms with Crippen molar-refractivity contribution in [3.8, 4) is 0 Å². The van der Waals surface area contributed by atoms with Crippen LogP contribution in [0.4, 0.5) is 0 Å². The molecule has 0 bridgehead atoms. The molecule has 0 spiro atoms. The minimum atomic E-state index is 0.192. The molecule has 1 aliphatic heterocycles. The number of hydrogen-bond acceptors (Lipinski definition) is 3. The van der Waals surface area contributed by atoms with Gasteiger partial charge in [0.1, 0.15) is 0 Å². The second-order valence-electron chi connectivity index (χ2n) is 5.83. The highest BCUT2D eigenvalue weighted by Gasteiger charge is 2.25. The zero-order chi connectivity index (χ0) is 12.0. The molecule has 1 saturated heterocycles. The molecule has 3 nitrogen and oxygen atoms in total. The quantitative estimate of drug-likeness (QED) is 0.757. The van der Waals surface area contributed by atoms with Crippen molar-refractivity contribution in [2.24, 2.45) is 5.41 Å². The standard InChI is InChI=1S/C13H27NO2/c1-13(2,3)12(7-8-15)14-10-11-6-4-5-9-16-11/h11-12,14-15H,4-10H2,1-3H3. The third-order valence-corrected chi connectivity index (χ3v) is 3.33. The van der Waals surface area contributed by atoms with E-state index in [1.165, 1.54) is 19.3 Å². The maximum Gasteiger partial charge on any atom is 0.0699 e. The predicted octanol–water partition coefficient (Wildman–Crippen LogP) is 1.94. The average Bonchev–Trinajstić information content (AvgIpc) is 2.24. The number of ether oxygens (including phenoxy) is 1. The molecule has 1 aliphatic rings. The highest BCUT2D eigenvalue weighted by Crippen LogP contribution is 2.22. The molecule has 2 N–H and O–H groups in total. The molecule has 0 aromatic carbocycles. The Morgan fingerprint density at radius 3 is 2.62 bits per heavy atom. The molecule has 1 rings (SSSR count). The van der Waals surface area contributed by atoms with Crippen LogP contribution in [0.25, 0.3) is 0 Å². The van der Waals surface area contributed by atoms with Crippen molar-refractivity contribution >= 4 is 0 Å². The molecule has 0 amide bonds. The van der Waals surface area contributed by atoms with Gasteiger partial charge in [-0.1, -0.05) is 20.8 Å². The zero-order valence-corrected chi connectivity index (χ0v) is 11.0. The molecule has 2 unspecified atom stereocenters. The summed E-state index contributed by atoms with van der Waals surface area (Å²) in [7, 11) is 0. The number of aliphatic hydroxyl groups is 1. The first kappa shape index (κ1) is 13.9. The average molecular weight is 229 g/mol. The van der Waals surface area contributed by atoms with Crippen molar-refractivity contribution in [3.63, 3.8) is 0 Å². The minimum Gasteiger partial charge on any atom is -0.396 e. The summed E-state index contributed by atoms with van der Waals surface area (Å²) in [5.74, 6) is 0. The molecule has 0 aliphatic carbocycles. The van der Waals surface area contributed by atoms with Crippen molar-refractivity contribution in [3.05, 3.63) is 0 Å². The summed E-state index contributed by atoms with van der Waals surface area (Å²) in [6.45, 7) is 8.71. The van der Waals surface area contributed by atoms with E-state index in [0.29, 0.717) is 12.1 Å². The van der Waals surface area contributed by atoms with E-state index in [1.54, 1.807) is 0 Å². The summed E-state index contributed by atoms with van der Waals surface area (Å²) in [5, 5.41) is 12.6. The Balaban J connectivity index is 2.31. The first-order chi connectivity index (χ1) is 7.54. The molecule has 2 atom stereocenters. The molecule has 1 heterocycles. The van der Waals surface area contributed by atoms with Gasteiger partial charge in [-0.3, -0.25) is 0 Å². The first-order valence-electron chi connectivity index (χ1n) is 6.50. The Labute approximate surface area is 99.6 Å². The number of rotatable bonds is 5. The SMILES string of the molecule is CC(C)(C)C(CCO)NCC1CCCCO1. The maximum absolute atomic E-state index is 9.07. The van der Waals surface area contributed by atoms with Crippen LogP contribution in [-0.2, 0) is 4.74 Å². The van der Waals surface area contributed by atoms with Crippen LogP contribution in [0.3, 0.4) is 0 Å². The van der Waals surface area contributed by atoms with Gasteiger partial charge in [0.15, 0.2) is 0 Å². The molecule has 0 saturated carbocycles. The highest BCUT2D eigenvalue weighted by atomic mass is 16.5. The molecule has 16 heavy (non-hydrogen) atoms. The highest BCUT2D eigenvalue weighted by molar-refractivity contribution is 4.81. The largest absolute Gasteiger partial charge is 0.396 e. The molecule has 3 heteroatoms. The van der Waals surface area contributed by atoms with Gasteiger partial charge in [-0.15, -0.1) is 0 Å². The number of nitrogens with one attached hydrogen (secondary N) is 1. The van der Waals surface area contributed by atoms with Crippen LogP contribution >= 0.6 is 0 Å². The van der Waals surface area contributed by atoms with E-state index in [9.17, 15) is 0 Å². The van der Waals surface area contributed by atoms with Gasteiger partial charge in [0.2, 0.25) is 0 Å². The van der Waals surface area contributed by atoms with Crippen LogP contribution in [0, 0.1) is 5.41 Å². The minimum absolute atomic E-state index is 0.192. The maximum atomic E-state index is 9.07. The second-order valence-corrected chi connectivity index (χ2v) is 5.83. The lowest BCUT2D eigenvalue weighted by molar-refractivity contribution is 0.0120. The van der Waals surface area contributed by atoms with Crippen LogP contribution in [0.2, 0.25) is 0 Å².